The quantitative estimate of drug-likeness (QED) is 0.512. The smallest absolute Gasteiger partial charge is 0.200 e. The highest BCUT2D eigenvalue weighted by Crippen LogP contribution is 2.41. The number of hydrogen-bond donors (Lipinski definition) is 2. The average molecular weight is 389 g/mol. The first kappa shape index (κ1) is 18.5. The van der Waals surface area contributed by atoms with E-state index in [0.29, 0.717) is 34.3 Å². The van der Waals surface area contributed by atoms with Crippen LogP contribution in [-0.4, -0.2) is 29.3 Å². The number of phenols is 1. The number of benzene rings is 1. The van der Waals surface area contributed by atoms with Crippen LogP contribution in [0, 0.1) is 0 Å². The van der Waals surface area contributed by atoms with Crippen LogP contribution in [0.3, 0.4) is 0 Å². The maximum Gasteiger partial charge on any atom is 0.200 e. The van der Waals surface area contributed by atoms with E-state index >= 15 is 0 Å². The number of furan rings is 2. The van der Waals surface area contributed by atoms with Gasteiger partial charge in [0.25, 0.3) is 0 Å². The van der Waals surface area contributed by atoms with E-state index in [0.717, 1.165) is 0 Å². The molecule has 8 heteroatoms. The standard InChI is InChI=1S/C19H16N2O5.ClH/c1-23-14-9-11(10-15(24-2)18(14)22)19-20-16(12-5-3-7-25-12)17(21-19)13-6-4-8-26-13;/h3-10,22H,1-2H3,(H,20,21);1H. The van der Waals surface area contributed by atoms with Crippen LogP contribution in [0.1, 0.15) is 0 Å². The number of aromatic nitrogens is 2. The molecule has 1 aromatic carbocycles. The van der Waals surface area contributed by atoms with Crippen molar-refractivity contribution >= 4 is 12.4 Å². The van der Waals surface area contributed by atoms with Crippen LogP contribution in [0.4, 0.5) is 0 Å². The summed E-state index contributed by atoms with van der Waals surface area (Å²) < 4.78 is 21.5. The third-order valence-corrected chi connectivity index (χ3v) is 3.98. The molecule has 4 rings (SSSR count). The minimum absolute atomic E-state index is 0. The van der Waals surface area contributed by atoms with Crippen LogP contribution in [0.5, 0.6) is 17.2 Å². The molecule has 0 spiro atoms. The van der Waals surface area contributed by atoms with Crippen molar-refractivity contribution in [3.05, 3.63) is 48.9 Å². The molecule has 7 nitrogen and oxygen atoms in total. The predicted molar refractivity (Wildman–Crippen MR) is 101 cm³/mol. The summed E-state index contributed by atoms with van der Waals surface area (Å²) in [6.07, 6.45) is 3.18. The molecule has 3 heterocycles. The number of rotatable bonds is 5. The van der Waals surface area contributed by atoms with Gasteiger partial charge in [-0.2, -0.15) is 0 Å². The summed E-state index contributed by atoms with van der Waals surface area (Å²) in [5, 5.41) is 10.1. The van der Waals surface area contributed by atoms with Crippen LogP contribution >= 0.6 is 12.4 Å². The van der Waals surface area contributed by atoms with E-state index in [1.165, 1.54) is 14.2 Å². The molecular weight excluding hydrogens is 372 g/mol. The van der Waals surface area contributed by atoms with Gasteiger partial charge in [-0.1, -0.05) is 0 Å². The van der Waals surface area contributed by atoms with Crippen LogP contribution < -0.4 is 9.47 Å². The van der Waals surface area contributed by atoms with Crippen molar-refractivity contribution in [3.63, 3.8) is 0 Å². The number of hydrogen-bond acceptors (Lipinski definition) is 6. The van der Waals surface area contributed by atoms with E-state index in [9.17, 15) is 5.11 Å². The molecule has 0 radical (unpaired) electrons. The molecule has 0 fully saturated rings. The lowest BCUT2D eigenvalue weighted by Gasteiger charge is -2.10. The lowest BCUT2D eigenvalue weighted by molar-refractivity contribution is 0.340. The Morgan fingerprint density at radius 3 is 2.07 bits per heavy atom. The molecule has 0 saturated carbocycles. The average Bonchev–Trinajstić information content (AvgIpc) is 3.41. The first-order valence-electron chi connectivity index (χ1n) is 7.84. The largest absolute Gasteiger partial charge is 0.502 e. The van der Waals surface area contributed by atoms with Gasteiger partial charge in [0.05, 0.1) is 26.7 Å². The normalized spacial score (nSPS) is 10.4. The molecule has 27 heavy (non-hydrogen) atoms. The second kappa shape index (κ2) is 7.51. The van der Waals surface area contributed by atoms with Crippen LogP contribution in [-0.2, 0) is 0 Å². The molecule has 0 saturated heterocycles. The highest BCUT2D eigenvalue weighted by Gasteiger charge is 2.21. The number of aromatic hydroxyl groups is 1. The van der Waals surface area contributed by atoms with E-state index in [-0.39, 0.29) is 29.7 Å². The molecule has 0 aliphatic carbocycles. The number of methoxy groups -OCH3 is 2. The molecule has 0 aliphatic heterocycles. The summed E-state index contributed by atoms with van der Waals surface area (Å²) in [7, 11) is 2.95. The van der Waals surface area contributed by atoms with Gasteiger partial charge >= 0.3 is 0 Å². The highest BCUT2D eigenvalue weighted by atomic mass is 35.5. The number of nitrogens with zero attached hydrogens (tertiary/aromatic N) is 1. The van der Waals surface area contributed by atoms with Gasteiger partial charge in [0, 0.05) is 5.56 Å². The fraction of sp³-hybridized carbons (Fsp3) is 0.105. The molecular formula is C19H17ClN2O5. The van der Waals surface area contributed by atoms with E-state index in [2.05, 4.69) is 9.97 Å². The van der Waals surface area contributed by atoms with Crippen molar-refractivity contribution in [3.8, 4) is 51.5 Å². The van der Waals surface area contributed by atoms with Gasteiger partial charge in [-0.25, -0.2) is 4.98 Å². The number of phenolic OH excluding ortho intramolecular Hbond substituents is 1. The molecule has 0 unspecified atom stereocenters. The zero-order valence-corrected chi connectivity index (χ0v) is 15.4. The highest BCUT2D eigenvalue weighted by molar-refractivity contribution is 5.85. The lowest BCUT2D eigenvalue weighted by Crippen LogP contribution is -1.91. The Kier molecular flexibility index (Phi) is 5.14. The molecule has 0 atom stereocenters. The van der Waals surface area contributed by atoms with Crippen molar-refractivity contribution in [2.75, 3.05) is 14.2 Å². The molecule has 0 amide bonds. The Bertz CT molecular complexity index is 946. The second-order valence-corrected chi connectivity index (χ2v) is 5.49. The molecule has 2 N–H and O–H groups in total. The van der Waals surface area contributed by atoms with Crippen molar-refractivity contribution in [2.45, 2.75) is 0 Å². The van der Waals surface area contributed by atoms with E-state index in [1.807, 2.05) is 12.1 Å². The lowest BCUT2D eigenvalue weighted by atomic mass is 10.1. The monoisotopic (exact) mass is 388 g/mol. The third kappa shape index (κ3) is 3.24. The maximum atomic E-state index is 10.1. The number of ether oxygens (including phenoxy) is 2. The van der Waals surface area contributed by atoms with Gasteiger partial charge in [-0.3, -0.25) is 0 Å². The minimum Gasteiger partial charge on any atom is -0.502 e. The number of imidazole rings is 1. The Morgan fingerprint density at radius 1 is 0.963 bits per heavy atom. The summed E-state index contributed by atoms with van der Waals surface area (Å²) in [4.78, 5) is 7.91. The number of aromatic amines is 1. The Labute approximate surface area is 161 Å². The predicted octanol–water partition coefficient (Wildman–Crippen LogP) is 4.74. The first-order valence-corrected chi connectivity index (χ1v) is 7.84. The van der Waals surface area contributed by atoms with Gasteiger partial charge < -0.3 is 28.4 Å². The Hall–Kier alpha value is -3.32. The van der Waals surface area contributed by atoms with E-state index in [1.54, 1.807) is 36.8 Å². The van der Waals surface area contributed by atoms with Crippen molar-refractivity contribution in [1.82, 2.24) is 9.97 Å². The summed E-state index contributed by atoms with van der Waals surface area (Å²) in [5.41, 5.74) is 1.99. The van der Waals surface area contributed by atoms with Gasteiger partial charge in [0.1, 0.15) is 17.2 Å². The first-order chi connectivity index (χ1) is 12.7. The zero-order valence-electron chi connectivity index (χ0n) is 14.6. The van der Waals surface area contributed by atoms with Gasteiger partial charge in [0.2, 0.25) is 5.75 Å². The number of nitrogens with one attached hydrogen (secondary N) is 1. The topological polar surface area (TPSA) is 93.7 Å². The van der Waals surface area contributed by atoms with Crippen molar-refractivity contribution in [1.29, 1.82) is 0 Å². The number of halogens is 1. The summed E-state index contributed by atoms with van der Waals surface area (Å²) in [6, 6.07) is 10.6. The SMILES string of the molecule is COc1cc(-c2nc(-c3ccco3)c(-c3ccco3)[nH]2)cc(OC)c1O.Cl. The van der Waals surface area contributed by atoms with Crippen molar-refractivity contribution < 1.29 is 23.4 Å². The second-order valence-electron chi connectivity index (χ2n) is 5.49. The molecule has 140 valence electrons. The molecule has 0 bridgehead atoms. The fourth-order valence-corrected chi connectivity index (χ4v) is 2.73. The Morgan fingerprint density at radius 2 is 1.56 bits per heavy atom. The van der Waals surface area contributed by atoms with Gasteiger partial charge in [-0.15, -0.1) is 12.4 Å². The minimum atomic E-state index is -0.0668. The Balaban J connectivity index is 0.00000210. The van der Waals surface area contributed by atoms with Crippen molar-refractivity contribution in [2.24, 2.45) is 0 Å². The van der Waals surface area contributed by atoms with Crippen LogP contribution in [0.25, 0.3) is 34.3 Å². The third-order valence-electron chi connectivity index (χ3n) is 3.98. The van der Waals surface area contributed by atoms with Crippen LogP contribution in [0.15, 0.2) is 57.8 Å². The van der Waals surface area contributed by atoms with Gasteiger partial charge in [0.15, 0.2) is 23.0 Å². The van der Waals surface area contributed by atoms with Crippen LogP contribution in [0.2, 0.25) is 0 Å². The maximum absolute atomic E-state index is 10.1. The number of H-pyrrole nitrogens is 1. The summed E-state index contributed by atoms with van der Waals surface area (Å²) in [5.74, 6) is 2.30. The van der Waals surface area contributed by atoms with E-state index < -0.39 is 0 Å². The molecule has 3 aromatic heterocycles. The fourth-order valence-electron chi connectivity index (χ4n) is 2.73. The summed E-state index contributed by atoms with van der Waals surface area (Å²) >= 11 is 0. The molecule has 0 aliphatic rings. The van der Waals surface area contributed by atoms with E-state index in [4.69, 9.17) is 18.3 Å². The zero-order chi connectivity index (χ0) is 18.1. The summed E-state index contributed by atoms with van der Waals surface area (Å²) in [6.45, 7) is 0. The van der Waals surface area contributed by atoms with Gasteiger partial charge in [-0.05, 0) is 36.4 Å². The molecule has 4 aromatic rings.